The summed E-state index contributed by atoms with van der Waals surface area (Å²) in [6.45, 7) is 8.92. The van der Waals surface area contributed by atoms with Gasteiger partial charge in [-0.05, 0) is 43.4 Å². The fourth-order valence-electron chi connectivity index (χ4n) is 3.76. The SMILES string of the molecule is CC(C)CC1NC(=O)CN(C2CCC(C)CC2C)C1=O. The second kappa shape index (κ2) is 6.15. The van der Waals surface area contributed by atoms with Crippen LogP contribution in [-0.2, 0) is 9.59 Å². The Morgan fingerprint density at radius 3 is 2.55 bits per heavy atom. The van der Waals surface area contributed by atoms with Crippen LogP contribution in [0.15, 0.2) is 0 Å². The van der Waals surface area contributed by atoms with Crippen LogP contribution < -0.4 is 5.32 Å². The van der Waals surface area contributed by atoms with Crippen LogP contribution in [0, 0.1) is 17.8 Å². The van der Waals surface area contributed by atoms with Crippen molar-refractivity contribution in [3.8, 4) is 0 Å². The number of carbonyl (C=O) groups is 2. The molecule has 2 fully saturated rings. The molecule has 0 spiro atoms. The van der Waals surface area contributed by atoms with Crippen molar-refractivity contribution >= 4 is 11.8 Å². The van der Waals surface area contributed by atoms with E-state index in [2.05, 4.69) is 33.0 Å². The zero-order valence-corrected chi connectivity index (χ0v) is 13.2. The van der Waals surface area contributed by atoms with Gasteiger partial charge < -0.3 is 10.2 Å². The number of amides is 2. The van der Waals surface area contributed by atoms with Gasteiger partial charge in [0.1, 0.15) is 6.04 Å². The van der Waals surface area contributed by atoms with Crippen LogP contribution in [0.2, 0.25) is 0 Å². The predicted octanol–water partition coefficient (Wildman–Crippen LogP) is 2.18. The minimum Gasteiger partial charge on any atom is -0.343 e. The van der Waals surface area contributed by atoms with Crippen LogP contribution in [0.5, 0.6) is 0 Å². The maximum absolute atomic E-state index is 12.6. The summed E-state index contributed by atoms with van der Waals surface area (Å²) in [5, 5.41) is 2.86. The van der Waals surface area contributed by atoms with Crippen LogP contribution in [0.1, 0.15) is 53.4 Å². The Morgan fingerprint density at radius 1 is 1.25 bits per heavy atom. The van der Waals surface area contributed by atoms with E-state index in [0.29, 0.717) is 11.8 Å². The highest BCUT2D eigenvalue weighted by Crippen LogP contribution is 2.33. The molecule has 0 aromatic rings. The minimum atomic E-state index is -0.317. The van der Waals surface area contributed by atoms with Gasteiger partial charge in [0, 0.05) is 6.04 Å². The molecule has 0 aromatic carbocycles. The lowest BCUT2D eigenvalue weighted by Gasteiger charge is -2.44. The second-order valence-electron chi connectivity index (χ2n) is 7.18. The first-order valence-corrected chi connectivity index (χ1v) is 7.98. The Labute approximate surface area is 122 Å². The van der Waals surface area contributed by atoms with E-state index in [9.17, 15) is 9.59 Å². The zero-order chi connectivity index (χ0) is 14.9. The summed E-state index contributed by atoms with van der Waals surface area (Å²) in [6, 6.07) is -0.0674. The molecule has 114 valence electrons. The Bertz CT molecular complexity index is 381. The third-order valence-electron chi connectivity index (χ3n) is 4.72. The van der Waals surface area contributed by atoms with Crippen molar-refractivity contribution in [2.45, 2.75) is 65.5 Å². The first-order valence-electron chi connectivity index (χ1n) is 7.98. The molecule has 1 aliphatic carbocycles. The summed E-state index contributed by atoms with van der Waals surface area (Å²) in [5.74, 6) is 1.77. The molecule has 4 atom stereocenters. The van der Waals surface area contributed by atoms with E-state index in [-0.39, 0.29) is 30.4 Å². The maximum atomic E-state index is 12.6. The number of hydrogen-bond acceptors (Lipinski definition) is 2. The molecular formula is C16H28N2O2. The molecule has 2 amide bonds. The van der Waals surface area contributed by atoms with E-state index in [0.717, 1.165) is 31.6 Å². The largest absolute Gasteiger partial charge is 0.343 e. The highest BCUT2D eigenvalue weighted by molar-refractivity contribution is 5.95. The molecule has 4 heteroatoms. The number of carbonyl (C=O) groups excluding carboxylic acids is 2. The molecule has 1 saturated carbocycles. The van der Waals surface area contributed by atoms with Crippen molar-refractivity contribution in [1.82, 2.24) is 10.2 Å². The Balaban J connectivity index is 2.09. The van der Waals surface area contributed by atoms with Crippen molar-refractivity contribution < 1.29 is 9.59 Å². The fraction of sp³-hybridized carbons (Fsp3) is 0.875. The van der Waals surface area contributed by atoms with Gasteiger partial charge >= 0.3 is 0 Å². The van der Waals surface area contributed by atoms with Crippen molar-refractivity contribution in [2.75, 3.05) is 6.54 Å². The van der Waals surface area contributed by atoms with E-state index in [4.69, 9.17) is 0 Å². The molecule has 0 aromatic heterocycles. The molecule has 1 N–H and O–H groups in total. The number of piperazine rings is 1. The van der Waals surface area contributed by atoms with Gasteiger partial charge in [0.2, 0.25) is 11.8 Å². The maximum Gasteiger partial charge on any atom is 0.245 e. The average molecular weight is 280 g/mol. The van der Waals surface area contributed by atoms with Crippen molar-refractivity contribution in [3.05, 3.63) is 0 Å². The summed E-state index contributed by atoms with van der Waals surface area (Å²) in [5.41, 5.74) is 0. The van der Waals surface area contributed by atoms with Crippen molar-refractivity contribution in [2.24, 2.45) is 17.8 Å². The molecule has 20 heavy (non-hydrogen) atoms. The Hall–Kier alpha value is -1.06. The Morgan fingerprint density at radius 2 is 1.95 bits per heavy atom. The molecule has 1 aliphatic heterocycles. The minimum absolute atomic E-state index is 0.000993. The number of nitrogens with one attached hydrogen (secondary N) is 1. The van der Waals surface area contributed by atoms with E-state index in [1.54, 1.807) is 0 Å². The summed E-state index contributed by atoms with van der Waals surface area (Å²) < 4.78 is 0. The predicted molar refractivity (Wildman–Crippen MR) is 79.1 cm³/mol. The molecular weight excluding hydrogens is 252 g/mol. The average Bonchev–Trinajstić information content (AvgIpc) is 2.33. The topological polar surface area (TPSA) is 49.4 Å². The fourth-order valence-corrected chi connectivity index (χ4v) is 3.76. The van der Waals surface area contributed by atoms with Crippen LogP contribution in [-0.4, -0.2) is 35.3 Å². The Kier molecular flexibility index (Phi) is 4.71. The molecule has 2 aliphatic rings. The first-order chi connectivity index (χ1) is 9.38. The molecule has 1 heterocycles. The molecule has 4 nitrogen and oxygen atoms in total. The van der Waals surface area contributed by atoms with Gasteiger partial charge in [-0.25, -0.2) is 0 Å². The standard InChI is InChI=1S/C16H28N2O2/c1-10(2)7-13-16(20)18(9-15(19)17-13)14-6-5-11(3)8-12(14)4/h10-14H,5-9H2,1-4H3,(H,17,19). The van der Waals surface area contributed by atoms with Gasteiger partial charge in [0.15, 0.2) is 0 Å². The van der Waals surface area contributed by atoms with Gasteiger partial charge in [-0.15, -0.1) is 0 Å². The van der Waals surface area contributed by atoms with E-state index in [1.165, 1.54) is 0 Å². The summed E-state index contributed by atoms with van der Waals surface area (Å²) in [6.07, 6.45) is 4.09. The van der Waals surface area contributed by atoms with E-state index >= 15 is 0 Å². The van der Waals surface area contributed by atoms with Crippen LogP contribution in [0.3, 0.4) is 0 Å². The number of hydrogen-bond donors (Lipinski definition) is 1. The molecule has 2 rings (SSSR count). The number of nitrogens with zero attached hydrogens (tertiary/aromatic N) is 1. The van der Waals surface area contributed by atoms with Gasteiger partial charge in [0.05, 0.1) is 6.54 Å². The van der Waals surface area contributed by atoms with Gasteiger partial charge in [-0.3, -0.25) is 9.59 Å². The van der Waals surface area contributed by atoms with Crippen LogP contribution >= 0.6 is 0 Å². The third-order valence-corrected chi connectivity index (χ3v) is 4.72. The summed E-state index contributed by atoms with van der Waals surface area (Å²) in [7, 11) is 0. The molecule has 1 saturated heterocycles. The quantitative estimate of drug-likeness (QED) is 0.861. The monoisotopic (exact) mass is 280 g/mol. The molecule has 0 radical (unpaired) electrons. The lowest BCUT2D eigenvalue weighted by molar-refractivity contribution is -0.149. The van der Waals surface area contributed by atoms with Gasteiger partial charge in [-0.2, -0.15) is 0 Å². The first kappa shape index (κ1) is 15.3. The van der Waals surface area contributed by atoms with Crippen molar-refractivity contribution in [3.63, 3.8) is 0 Å². The van der Waals surface area contributed by atoms with Crippen molar-refractivity contribution in [1.29, 1.82) is 0 Å². The van der Waals surface area contributed by atoms with Gasteiger partial charge in [-0.1, -0.05) is 27.7 Å². The lowest BCUT2D eigenvalue weighted by atomic mass is 9.78. The smallest absolute Gasteiger partial charge is 0.245 e. The van der Waals surface area contributed by atoms with Crippen LogP contribution in [0.4, 0.5) is 0 Å². The van der Waals surface area contributed by atoms with E-state index in [1.807, 2.05) is 4.90 Å². The highest BCUT2D eigenvalue weighted by atomic mass is 16.2. The normalized spacial score (nSPS) is 35.4. The lowest BCUT2D eigenvalue weighted by Crippen LogP contribution is -2.62. The summed E-state index contributed by atoms with van der Waals surface area (Å²) in [4.78, 5) is 26.4. The second-order valence-corrected chi connectivity index (χ2v) is 7.18. The van der Waals surface area contributed by atoms with E-state index < -0.39 is 0 Å². The third kappa shape index (κ3) is 3.33. The zero-order valence-electron chi connectivity index (χ0n) is 13.2. The summed E-state index contributed by atoms with van der Waals surface area (Å²) >= 11 is 0. The molecule has 4 unspecified atom stereocenters. The highest BCUT2D eigenvalue weighted by Gasteiger charge is 2.39. The van der Waals surface area contributed by atoms with Crippen LogP contribution in [0.25, 0.3) is 0 Å². The van der Waals surface area contributed by atoms with Gasteiger partial charge in [0.25, 0.3) is 0 Å². The number of rotatable bonds is 3. The molecule has 0 bridgehead atoms.